The summed E-state index contributed by atoms with van der Waals surface area (Å²) < 4.78 is 49.5. The summed E-state index contributed by atoms with van der Waals surface area (Å²) in [5, 5.41) is 5.00. The van der Waals surface area contributed by atoms with Crippen molar-refractivity contribution in [3.8, 4) is 11.5 Å². The number of amides is 2. The van der Waals surface area contributed by atoms with Crippen LogP contribution in [0, 0.1) is 0 Å². The third-order valence-corrected chi connectivity index (χ3v) is 5.01. The first kappa shape index (κ1) is 24.9. The number of carbonyl (C=O) groups excluding carboxylic acids is 2. The van der Waals surface area contributed by atoms with E-state index in [1.807, 2.05) is 0 Å². The lowest BCUT2D eigenvalue weighted by atomic mass is 10.1. The molecule has 2 N–H and O–H groups in total. The van der Waals surface area contributed by atoms with Crippen molar-refractivity contribution in [2.75, 3.05) is 19.0 Å². The number of alkyl halides is 3. The van der Waals surface area contributed by atoms with Crippen LogP contribution < -0.4 is 20.1 Å². The number of rotatable bonds is 8. The standard InChI is InChI=1S/C24H20ClF3N2O4/c1-33-17-9-6-15(7-10-17)13-29-22(31)14-34-21-5-3-2-4-18(21)23(32)30-20-12-16(24(26,27)28)8-11-19(20)25/h2-12H,13-14H2,1H3,(H,29,31)(H,30,32). The van der Waals surface area contributed by atoms with Gasteiger partial charge in [-0.25, -0.2) is 0 Å². The van der Waals surface area contributed by atoms with Gasteiger partial charge >= 0.3 is 6.18 Å². The van der Waals surface area contributed by atoms with Gasteiger partial charge in [0, 0.05) is 6.54 Å². The van der Waals surface area contributed by atoms with E-state index in [4.69, 9.17) is 21.1 Å². The van der Waals surface area contributed by atoms with Gasteiger partial charge in [0.25, 0.3) is 11.8 Å². The Bertz CT molecular complexity index is 1170. The summed E-state index contributed by atoms with van der Waals surface area (Å²) in [6.45, 7) is -0.104. The van der Waals surface area contributed by atoms with E-state index in [1.165, 1.54) is 12.1 Å². The molecular weight excluding hydrogens is 473 g/mol. The Balaban J connectivity index is 1.63. The predicted octanol–water partition coefficient (Wildman–Crippen LogP) is 5.31. The van der Waals surface area contributed by atoms with Gasteiger partial charge in [-0.3, -0.25) is 9.59 Å². The average molecular weight is 493 g/mol. The molecule has 2 amide bonds. The average Bonchev–Trinajstić information content (AvgIpc) is 2.82. The van der Waals surface area contributed by atoms with E-state index >= 15 is 0 Å². The van der Waals surface area contributed by atoms with E-state index in [0.29, 0.717) is 5.75 Å². The van der Waals surface area contributed by atoms with Crippen molar-refractivity contribution in [1.82, 2.24) is 5.32 Å². The molecule has 34 heavy (non-hydrogen) atoms. The van der Waals surface area contributed by atoms with Crippen LogP contribution >= 0.6 is 11.6 Å². The summed E-state index contributed by atoms with van der Waals surface area (Å²) in [4.78, 5) is 24.9. The highest BCUT2D eigenvalue weighted by Crippen LogP contribution is 2.34. The predicted molar refractivity (Wildman–Crippen MR) is 121 cm³/mol. The molecule has 0 aliphatic carbocycles. The van der Waals surface area contributed by atoms with Crippen LogP contribution in [0.15, 0.2) is 66.7 Å². The number of hydrogen-bond acceptors (Lipinski definition) is 4. The van der Waals surface area contributed by atoms with Crippen molar-refractivity contribution >= 4 is 29.1 Å². The van der Waals surface area contributed by atoms with Gasteiger partial charge < -0.3 is 20.1 Å². The molecule has 3 aromatic rings. The Kier molecular flexibility index (Phi) is 8.01. The van der Waals surface area contributed by atoms with Crippen LogP contribution in [-0.2, 0) is 17.5 Å². The molecule has 0 spiro atoms. The number of hydrogen-bond donors (Lipinski definition) is 2. The Morgan fingerprint density at radius 3 is 2.38 bits per heavy atom. The zero-order valence-electron chi connectivity index (χ0n) is 17.9. The van der Waals surface area contributed by atoms with E-state index in [9.17, 15) is 22.8 Å². The fraction of sp³-hybridized carbons (Fsp3) is 0.167. The second-order valence-corrected chi connectivity index (χ2v) is 7.46. The molecule has 3 rings (SSSR count). The van der Waals surface area contributed by atoms with Crippen LogP contribution in [0.4, 0.5) is 18.9 Å². The lowest BCUT2D eigenvalue weighted by Crippen LogP contribution is -2.28. The highest BCUT2D eigenvalue weighted by Gasteiger charge is 2.31. The third kappa shape index (κ3) is 6.64. The maximum atomic E-state index is 13.0. The van der Waals surface area contributed by atoms with Gasteiger partial charge in [-0.05, 0) is 48.0 Å². The van der Waals surface area contributed by atoms with Crippen LogP contribution in [-0.4, -0.2) is 25.5 Å². The summed E-state index contributed by atoms with van der Waals surface area (Å²) in [6, 6.07) is 15.8. The summed E-state index contributed by atoms with van der Waals surface area (Å²) >= 11 is 5.95. The minimum Gasteiger partial charge on any atom is -0.497 e. The lowest BCUT2D eigenvalue weighted by molar-refractivity contribution is -0.137. The molecule has 0 aromatic heterocycles. The molecule has 0 unspecified atom stereocenters. The Labute approximate surface area is 198 Å². The molecule has 0 fully saturated rings. The molecule has 0 atom stereocenters. The first-order chi connectivity index (χ1) is 16.2. The van der Waals surface area contributed by atoms with Crippen LogP contribution in [0.1, 0.15) is 21.5 Å². The van der Waals surface area contributed by atoms with Crippen molar-refractivity contribution in [3.63, 3.8) is 0 Å². The molecule has 0 bridgehead atoms. The molecule has 0 saturated heterocycles. The minimum absolute atomic E-state index is 0.0268. The van der Waals surface area contributed by atoms with Crippen LogP contribution in [0.5, 0.6) is 11.5 Å². The normalized spacial score (nSPS) is 11.0. The van der Waals surface area contributed by atoms with Gasteiger partial charge in [-0.1, -0.05) is 35.9 Å². The number of para-hydroxylation sites is 1. The number of anilines is 1. The van der Waals surface area contributed by atoms with Crippen LogP contribution in [0.3, 0.4) is 0 Å². The molecule has 178 valence electrons. The van der Waals surface area contributed by atoms with E-state index in [2.05, 4.69) is 10.6 Å². The zero-order valence-corrected chi connectivity index (χ0v) is 18.7. The molecular formula is C24H20ClF3N2O4. The number of halogens is 4. The van der Waals surface area contributed by atoms with Crippen molar-refractivity contribution in [1.29, 1.82) is 0 Å². The fourth-order valence-corrected chi connectivity index (χ4v) is 3.07. The van der Waals surface area contributed by atoms with Crippen LogP contribution in [0.25, 0.3) is 0 Å². The monoisotopic (exact) mass is 492 g/mol. The largest absolute Gasteiger partial charge is 0.497 e. The SMILES string of the molecule is COc1ccc(CNC(=O)COc2ccccc2C(=O)Nc2cc(C(F)(F)F)ccc2Cl)cc1. The molecule has 6 nitrogen and oxygen atoms in total. The highest BCUT2D eigenvalue weighted by molar-refractivity contribution is 6.34. The lowest BCUT2D eigenvalue weighted by Gasteiger charge is -2.14. The summed E-state index contributed by atoms with van der Waals surface area (Å²) in [5.74, 6) is -0.384. The molecule has 10 heteroatoms. The maximum absolute atomic E-state index is 13.0. The highest BCUT2D eigenvalue weighted by atomic mass is 35.5. The first-order valence-corrected chi connectivity index (χ1v) is 10.3. The second-order valence-electron chi connectivity index (χ2n) is 7.06. The topological polar surface area (TPSA) is 76.7 Å². The Morgan fingerprint density at radius 2 is 1.71 bits per heavy atom. The Hall–Kier alpha value is -3.72. The Morgan fingerprint density at radius 1 is 1.00 bits per heavy atom. The number of benzene rings is 3. The summed E-state index contributed by atoms with van der Waals surface area (Å²) in [6.07, 6.45) is -4.59. The van der Waals surface area contributed by atoms with Crippen molar-refractivity contribution in [3.05, 3.63) is 88.4 Å². The van der Waals surface area contributed by atoms with Gasteiger partial charge in [-0.2, -0.15) is 13.2 Å². The van der Waals surface area contributed by atoms with Gasteiger partial charge in [0.15, 0.2) is 6.61 Å². The van der Waals surface area contributed by atoms with E-state index in [0.717, 1.165) is 23.8 Å². The summed E-state index contributed by atoms with van der Waals surface area (Å²) in [7, 11) is 1.56. The van der Waals surface area contributed by atoms with Gasteiger partial charge in [0.1, 0.15) is 11.5 Å². The van der Waals surface area contributed by atoms with E-state index in [1.54, 1.807) is 43.5 Å². The van der Waals surface area contributed by atoms with Gasteiger partial charge in [0.2, 0.25) is 0 Å². The van der Waals surface area contributed by atoms with E-state index < -0.39 is 23.6 Å². The zero-order chi connectivity index (χ0) is 24.7. The fourth-order valence-electron chi connectivity index (χ4n) is 2.91. The van der Waals surface area contributed by atoms with Crippen molar-refractivity contribution in [2.24, 2.45) is 0 Å². The number of carbonyl (C=O) groups is 2. The quantitative estimate of drug-likeness (QED) is 0.446. The molecule has 0 heterocycles. The number of methoxy groups -OCH3 is 1. The molecule has 0 radical (unpaired) electrons. The second kappa shape index (κ2) is 10.9. The van der Waals surface area contributed by atoms with Crippen LogP contribution in [0.2, 0.25) is 5.02 Å². The number of ether oxygens (including phenoxy) is 2. The maximum Gasteiger partial charge on any atom is 0.416 e. The summed E-state index contributed by atoms with van der Waals surface area (Å²) in [5.41, 5.74) is -0.273. The molecule has 3 aromatic carbocycles. The van der Waals surface area contributed by atoms with E-state index in [-0.39, 0.29) is 35.2 Å². The van der Waals surface area contributed by atoms with Gasteiger partial charge in [-0.15, -0.1) is 0 Å². The molecule has 0 aliphatic heterocycles. The number of nitrogens with one attached hydrogen (secondary N) is 2. The van der Waals surface area contributed by atoms with Gasteiger partial charge in [0.05, 0.1) is 28.9 Å². The molecule has 0 saturated carbocycles. The first-order valence-electron chi connectivity index (χ1n) is 9.97. The molecule has 0 aliphatic rings. The minimum atomic E-state index is -4.59. The van der Waals surface area contributed by atoms with Crippen molar-refractivity contribution < 1.29 is 32.2 Å². The smallest absolute Gasteiger partial charge is 0.416 e. The van der Waals surface area contributed by atoms with Crippen molar-refractivity contribution in [2.45, 2.75) is 12.7 Å². The third-order valence-electron chi connectivity index (χ3n) is 4.68.